The summed E-state index contributed by atoms with van der Waals surface area (Å²) >= 11 is 0. The van der Waals surface area contributed by atoms with Crippen molar-refractivity contribution in [1.82, 2.24) is 4.90 Å². The van der Waals surface area contributed by atoms with Gasteiger partial charge in [0.05, 0.1) is 18.8 Å². The molecular weight excluding hydrogens is 530 g/mol. The Labute approximate surface area is 240 Å². The third-order valence-electron chi connectivity index (χ3n) is 12.2. The Morgan fingerprint density at radius 1 is 1.07 bits per heavy atom. The third kappa shape index (κ3) is 3.14. The van der Waals surface area contributed by atoms with Gasteiger partial charge >= 0.3 is 11.9 Å². The molecule has 1 saturated heterocycles. The molecule has 5 saturated carbocycles. The van der Waals surface area contributed by atoms with Crippen molar-refractivity contribution in [1.29, 1.82) is 0 Å². The Morgan fingerprint density at radius 2 is 1.71 bits per heavy atom. The Kier molecular flexibility index (Phi) is 6.35. The first-order valence-corrected chi connectivity index (χ1v) is 14.6. The molecule has 0 aromatic rings. The van der Waals surface area contributed by atoms with Crippen LogP contribution in [0.1, 0.15) is 47.0 Å². The third-order valence-corrected chi connectivity index (χ3v) is 12.2. The van der Waals surface area contributed by atoms with E-state index in [1.807, 2.05) is 14.0 Å². The van der Waals surface area contributed by atoms with Gasteiger partial charge in [0, 0.05) is 51.8 Å². The van der Waals surface area contributed by atoms with E-state index in [1.54, 1.807) is 19.9 Å². The van der Waals surface area contributed by atoms with Crippen molar-refractivity contribution in [3.63, 3.8) is 0 Å². The molecule has 6 bridgehead atoms. The number of piperidine rings is 1. The zero-order valence-corrected chi connectivity index (χ0v) is 24.4. The number of aliphatic hydroxyl groups is 5. The van der Waals surface area contributed by atoms with E-state index >= 15 is 0 Å². The fourth-order valence-electron chi connectivity index (χ4n) is 11.2. The predicted octanol–water partition coefficient (Wildman–Crippen LogP) is 0.465. The normalized spacial score (nSPS) is 52.0. The van der Waals surface area contributed by atoms with Crippen molar-refractivity contribution >= 4 is 11.9 Å². The fourth-order valence-corrected chi connectivity index (χ4v) is 11.2. The molecule has 0 aromatic heterocycles. The van der Waals surface area contributed by atoms with Gasteiger partial charge in [0.1, 0.15) is 23.9 Å². The fraction of sp³-hybridized carbons (Fsp3) is 0.742. The minimum absolute atomic E-state index is 0.133. The van der Waals surface area contributed by atoms with Crippen LogP contribution < -0.4 is 0 Å². The number of esters is 2. The molecule has 6 fully saturated rings. The maximum atomic E-state index is 13.5. The summed E-state index contributed by atoms with van der Waals surface area (Å²) in [5.41, 5.74) is -3.74. The van der Waals surface area contributed by atoms with E-state index < -0.39 is 82.2 Å². The molecule has 0 unspecified atom stereocenters. The topological polar surface area (TPSA) is 157 Å². The molecule has 10 heteroatoms. The lowest BCUT2D eigenvalue weighted by Gasteiger charge is -2.73. The summed E-state index contributed by atoms with van der Waals surface area (Å²) in [6, 6.07) is -0.418. The van der Waals surface area contributed by atoms with Gasteiger partial charge in [-0.05, 0) is 59.1 Å². The minimum Gasteiger partial charge on any atom is -0.455 e. The highest BCUT2D eigenvalue weighted by atomic mass is 16.6. The molecular formula is C31H43NO9. The molecule has 13 atom stereocenters. The minimum atomic E-state index is -1.82. The Hall–Kier alpha value is -2.08. The molecule has 0 aromatic carbocycles. The Bertz CT molecular complexity index is 1260. The quantitative estimate of drug-likeness (QED) is 0.178. The highest BCUT2D eigenvalue weighted by Gasteiger charge is 2.93. The van der Waals surface area contributed by atoms with Crippen LogP contribution in [0.15, 0.2) is 35.5 Å². The summed E-state index contributed by atoms with van der Waals surface area (Å²) in [6.07, 6.45) is -2.11. The number of carbonyl (C=O) groups is 2. The van der Waals surface area contributed by atoms with Gasteiger partial charge in [-0.3, -0.25) is 0 Å². The first kappa shape index (κ1) is 29.0. The molecule has 2 spiro atoms. The predicted molar refractivity (Wildman–Crippen MR) is 146 cm³/mol. The second-order valence-electron chi connectivity index (χ2n) is 13.9. The Morgan fingerprint density at radius 3 is 2.34 bits per heavy atom. The summed E-state index contributed by atoms with van der Waals surface area (Å²) in [7, 11) is 1.97. The highest BCUT2D eigenvalue weighted by Crippen LogP contribution is 2.84. The summed E-state index contributed by atoms with van der Waals surface area (Å²) in [4.78, 5) is 28.9. The van der Waals surface area contributed by atoms with Crippen LogP contribution in [-0.2, 0) is 19.1 Å². The first-order chi connectivity index (χ1) is 19.2. The Balaban J connectivity index is 1.63. The van der Waals surface area contributed by atoms with E-state index in [2.05, 4.69) is 11.5 Å². The lowest BCUT2D eigenvalue weighted by molar-refractivity contribution is -0.361. The second kappa shape index (κ2) is 8.97. The van der Waals surface area contributed by atoms with Gasteiger partial charge in [-0.1, -0.05) is 25.2 Å². The van der Waals surface area contributed by atoms with Crippen molar-refractivity contribution in [2.45, 2.75) is 89.1 Å². The van der Waals surface area contributed by atoms with Crippen molar-refractivity contribution in [2.75, 3.05) is 20.2 Å². The van der Waals surface area contributed by atoms with Gasteiger partial charge in [0.25, 0.3) is 0 Å². The van der Waals surface area contributed by atoms with E-state index in [0.29, 0.717) is 18.5 Å². The molecule has 6 rings (SSSR count). The number of likely N-dealkylation sites (tertiary alicyclic amines) is 1. The van der Waals surface area contributed by atoms with Gasteiger partial charge in [0.15, 0.2) is 0 Å². The van der Waals surface area contributed by atoms with Crippen molar-refractivity contribution in [2.24, 2.45) is 34.0 Å². The molecule has 1 aliphatic heterocycles. The van der Waals surface area contributed by atoms with E-state index in [0.717, 1.165) is 5.57 Å². The monoisotopic (exact) mass is 573 g/mol. The summed E-state index contributed by atoms with van der Waals surface area (Å²) in [5, 5.41) is 57.7. The lowest BCUT2D eigenvalue weighted by atomic mass is 9.38. The number of rotatable bonds is 5. The maximum absolute atomic E-state index is 13.5. The van der Waals surface area contributed by atoms with Crippen molar-refractivity contribution in [3.8, 4) is 0 Å². The molecule has 1 heterocycles. The standard InChI is InChI=1S/C31H43NO9/c1-7-14(2)26(37)40-20-18-16(4)10-29-19(18)23-30(22(29)21(20)41-27(38)15(3)8-9-33)12-17(34)11-28(5,13-32(23)6)31(30,39)25(36)24(29)35/h7-8,17-25,33-36,39H,4,9-13H2,1-3,5-6H3/b14-7+,15-8+/t17-,18-,19-,20+,21+,22+,23-,24-,25-,28-,29-,30-,31-/m0/s1. The van der Waals surface area contributed by atoms with E-state index in [9.17, 15) is 35.1 Å². The number of hydrogen-bond acceptors (Lipinski definition) is 10. The first-order valence-electron chi connectivity index (χ1n) is 14.6. The van der Waals surface area contributed by atoms with Crippen molar-refractivity contribution < 1.29 is 44.6 Å². The number of nitrogens with zero attached hydrogens (tertiary/aromatic N) is 1. The number of aliphatic hydroxyl groups excluding tert-OH is 4. The molecule has 6 aliphatic rings. The number of ether oxygens (including phenoxy) is 2. The van der Waals surface area contributed by atoms with Gasteiger partial charge in [-0.25, -0.2) is 9.59 Å². The van der Waals surface area contributed by atoms with Crippen molar-refractivity contribution in [3.05, 3.63) is 35.5 Å². The number of carbonyl (C=O) groups excluding carboxylic acids is 2. The van der Waals surface area contributed by atoms with Gasteiger partial charge in [-0.15, -0.1) is 0 Å². The van der Waals surface area contributed by atoms with E-state index in [1.165, 1.54) is 13.0 Å². The molecule has 5 N–H and O–H groups in total. The maximum Gasteiger partial charge on any atom is 0.333 e. The van der Waals surface area contributed by atoms with Crippen LogP contribution >= 0.6 is 0 Å². The summed E-state index contributed by atoms with van der Waals surface area (Å²) in [6.45, 7) is 11.1. The van der Waals surface area contributed by atoms with Gasteiger partial charge in [0.2, 0.25) is 0 Å². The van der Waals surface area contributed by atoms with Crippen LogP contribution in [0.3, 0.4) is 0 Å². The summed E-state index contributed by atoms with van der Waals surface area (Å²) in [5.74, 6) is -2.96. The van der Waals surface area contributed by atoms with Gasteiger partial charge < -0.3 is 39.9 Å². The molecule has 41 heavy (non-hydrogen) atoms. The molecule has 0 radical (unpaired) electrons. The zero-order valence-electron chi connectivity index (χ0n) is 24.4. The van der Waals surface area contributed by atoms with E-state index in [-0.39, 0.29) is 30.9 Å². The zero-order chi connectivity index (χ0) is 30.0. The number of hydrogen-bond donors (Lipinski definition) is 5. The average molecular weight is 574 g/mol. The molecule has 10 nitrogen and oxygen atoms in total. The molecule has 226 valence electrons. The van der Waals surface area contributed by atoms with Crippen LogP contribution in [0.5, 0.6) is 0 Å². The lowest BCUT2D eigenvalue weighted by Crippen LogP contribution is -2.84. The molecule has 0 amide bonds. The highest BCUT2D eigenvalue weighted by molar-refractivity contribution is 5.89. The van der Waals surface area contributed by atoms with E-state index in [4.69, 9.17) is 9.47 Å². The van der Waals surface area contributed by atoms with Crippen LogP contribution in [0.2, 0.25) is 0 Å². The second-order valence-corrected chi connectivity index (χ2v) is 13.9. The average Bonchev–Trinajstić information content (AvgIpc) is 3.21. The number of allylic oxidation sites excluding steroid dienone is 1. The van der Waals surface area contributed by atoms with Gasteiger partial charge in [-0.2, -0.15) is 0 Å². The van der Waals surface area contributed by atoms with Crippen LogP contribution in [0.4, 0.5) is 0 Å². The largest absolute Gasteiger partial charge is 0.455 e. The summed E-state index contributed by atoms with van der Waals surface area (Å²) < 4.78 is 12.4. The van der Waals surface area contributed by atoms with Crippen LogP contribution in [-0.4, -0.2) is 105 Å². The molecule has 5 aliphatic carbocycles. The SMILES string of the molecule is C=C1C[C@]23[C@H]4[C@H]1[C@@H](OC(=O)/C(C)=C/C)[C@@H](OC(=O)/C(C)=C/CO)[C@H]2[C@@]12C[C@@H](O)C[C@@](C)(CN(C)[C@@H]41)[C@@]2(O)[C@@H](O)[C@@H]3O. The van der Waals surface area contributed by atoms with Crippen LogP contribution in [0.25, 0.3) is 0 Å². The smallest absolute Gasteiger partial charge is 0.333 e. The van der Waals surface area contributed by atoms with Crippen LogP contribution in [0, 0.1) is 34.0 Å².